The smallest absolute Gasteiger partial charge is 0.250 e. The number of aromatic nitrogens is 1. The Morgan fingerprint density at radius 3 is 2.76 bits per heavy atom. The number of benzene rings is 1. The molecule has 2 fully saturated rings. The van der Waals surface area contributed by atoms with Crippen molar-refractivity contribution in [2.75, 3.05) is 13.1 Å². The van der Waals surface area contributed by atoms with Crippen LogP contribution in [-0.2, 0) is 24.8 Å². The van der Waals surface area contributed by atoms with Crippen LogP contribution >= 0.6 is 23.2 Å². The maximum absolute atomic E-state index is 13.9. The van der Waals surface area contributed by atoms with E-state index in [4.69, 9.17) is 28.5 Å². The molecule has 2 heterocycles. The van der Waals surface area contributed by atoms with E-state index < -0.39 is 0 Å². The van der Waals surface area contributed by atoms with Gasteiger partial charge in [-0.3, -0.25) is 9.59 Å². The third-order valence-corrected chi connectivity index (χ3v) is 7.73. The van der Waals surface area contributed by atoms with Crippen LogP contribution in [0.25, 0.3) is 0 Å². The number of unbranched alkanes of at least 4 members (excludes halogenated alkanes) is 1. The van der Waals surface area contributed by atoms with Gasteiger partial charge in [-0.05, 0) is 73.4 Å². The van der Waals surface area contributed by atoms with Gasteiger partial charge in [-0.1, -0.05) is 29.3 Å². The van der Waals surface area contributed by atoms with Crippen molar-refractivity contribution in [2.24, 2.45) is 13.0 Å². The maximum Gasteiger partial charge on any atom is 0.250 e. The number of piperidine rings is 1. The van der Waals surface area contributed by atoms with E-state index in [1.165, 1.54) is 0 Å². The first-order chi connectivity index (χ1) is 16.4. The minimum absolute atomic E-state index is 0.000256. The largest absolute Gasteiger partial charge is 0.335 e. The monoisotopic (exact) mass is 500 g/mol. The molecule has 2 aromatic rings. The van der Waals surface area contributed by atoms with Crippen LogP contribution in [0.1, 0.15) is 54.7 Å². The Morgan fingerprint density at radius 2 is 2.06 bits per heavy atom. The van der Waals surface area contributed by atoms with Gasteiger partial charge in [0.2, 0.25) is 5.91 Å². The molecule has 1 aromatic carbocycles. The molecule has 34 heavy (non-hydrogen) atoms. The fraction of sp³-hybridized carbons (Fsp3) is 0.500. The predicted molar refractivity (Wildman–Crippen MR) is 134 cm³/mol. The van der Waals surface area contributed by atoms with Gasteiger partial charge in [-0.25, -0.2) is 0 Å². The normalized spacial score (nSPS) is 20.1. The van der Waals surface area contributed by atoms with Gasteiger partial charge in [0.25, 0.3) is 5.56 Å². The Kier molecular flexibility index (Phi) is 7.98. The quantitative estimate of drug-likeness (QED) is 0.544. The van der Waals surface area contributed by atoms with Crippen molar-refractivity contribution in [3.63, 3.8) is 0 Å². The van der Waals surface area contributed by atoms with E-state index in [1.807, 2.05) is 23.1 Å². The number of carbonyl (C=O) groups is 1. The van der Waals surface area contributed by atoms with E-state index in [1.54, 1.807) is 23.9 Å². The van der Waals surface area contributed by atoms with E-state index >= 15 is 0 Å². The first kappa shape index (κ1) is 24.8. The van der Waals surface area contributed by atoms with Crippen molar-refractivity contribution in [3.05, 3.63) is 67.6 Å². The van der Waals surface area contributed by atoms with E-state index in [2.05, 4.69) is 11.4 Å². The molecule has 6 nitrogen and oxygen atoms in total. The summed E-state index contributed by atoms with van der Waals surface area (Å²) < 4.78 is 1.55. The first-order valence-electron chi connectivity index (χ1n) is 11.9. The second-order valence-corrected chi connectivity index (χ2v) is 10.2. The van der Waals surface area contributed by atoms with Gasteiger partial charge >= 0.3 is 0 Å². The molecule has 2 atom stereocenters. The van der Waals surface area contributed by atoms with Crippen molar-refractivity contribution in [2.45, 2.75) is 57.0 Å². The van der Waals surface area contributed by atoms with Gasteiger partial charge in [0, 0.05) is 44.9 Å². The zero-order valence-electron chi connectivity index (χ0n) is 19.4. The van der Waals surface area contributed by atoms with Crippen molar-refractivity contribution in [1.82, 2.24) is 14.8 Å². The van der Waals surface area contributed by atoms with Gasteiger partial charge in [0.05, 0.1) is 22.0 Å². The average molecular weight is 501 g/mol. The fourth-order valence-electron chi connectivity index (χ4n) is 4.82. The highest BCUT2D eigenvalue weighted by atomic mass is 35.5. The summed E-state index contributed by atoms with van der Waals surface area (Å²) in [4.78, 5) is 28.1. The van der Waals surface area contributed by atoms with Crippen molar-refractivity contribution in [1.29, 1.82) is 5.26 Å². The minimum atomic E-state index is -0.241. The molecule has 0 bridgehead atoms. The highest BCUT2D eigenvalue weighted by Crippen LogP contribution is 2.37. The van der Waals surface area contributed by atoms with Crippen LogP contribution in [0.4, 0.5) is 0 Å². The number of nitrogens with one attached hydrogen (secondary N) is 1. The number of hydrogen-bond acceptors (Lipinski definition) is 4. The fourth-order valence-corrected chi connectivity index (χ4v) is 5.25. The molecule has 180 valence electrons. The first-order valence-corrected chi connectivity index (χ1v) is 12.7. The van der Waals surface area contributed by atoms with Gasteiger partial charge in [0.15, 0.2) is 0 Å². The lowest BCUT2D eigenvalue weighted by Crippen LogP contribution is -2.47. The molecule has 0 radical (unpaired) electrons. The Labute approximate surface area is 210 Å². The molecule has 2 aliphatic rings. The van der Waals surface area contributed by atoms with Crippen LogP contribution in [-0.4, -0.2) is 34.5 Å². The van der Waals surface area contributed by atoms with Crippen LogP contribution in [0.2, 0.25) is 10.0 Å². The summed E-state index contributed by atoms with van der Waals surface area (Å²) in [6, 6.07) is 9.87. The lowest BCUT2D eigenvalue weighted by molar-refractivity contribution is -0.138. The van der Waals surface area contributed by atoms with Crippen LogP contribution < -0.4 is 10.9 Å². The van der Waals surface area contributed by atoms with Crippen LogP contribution in [0.3, 0.4) is 0 Å². The molecule has 4 rings (SSSR count). The van der Waals surface area contributed by atoms with E-state index in [9.17, 15) is 9.59 Å². The molecule has 1 aliphatic carbocycles. The van der Waals surface area contributed by atoms with Crippen molar-refractivity contribution < 1.29 is 4.79 Å². The molecule has 1 amide bonds. The summed E-state index contributed by atoms with van der Waals surface area (Å²) in [6.07, 6.45) is 6.53. The lowest BCUT2D eigenvalue weighted by Gasteiger charge is -2.36. The zero-order chi connectivity index (χ0) is 24.2. The number of rotatable bonds is 8. The standard InChI is InChI=1S/C26H30Cl2N4O2/c1-31-11-8-18(14-24(31)33)21-7-10-30-15-22(21)26(34)32(20-5-6-20)16-19-12-17(4-2-3-9-29)13-23(27)25(19)28/h8,11-14,20-22,30H,2-7,10,15-16H2,1H3/t21-,22?/m1/s1. The number of pyridine rings is 1. The maximum atomic E-state index is 13.9. The molecular formula is C26H30Cl2N4O2. The molecule has 1 aliphatic heterocycles. The summed E-state index contributed by atoms with van der Waals surface area (Å²) >= 11 is 13.0. The van der Waals surface area contributed by atoms with Crippen molar-refractivity contribution >= 4 is 29.1 Å². The molecular weight excluding hydrogens is 471 g/mol. The van der Waals surface area contributed by atoms with E-state index in [-0.39, 0.29) is 29.3 Å². The Balaban J connectivity index is 1.58. The Morgan fingerprint density at radius 1 is 1.26 bits per heavy atom. The predicted octanol–water partition coefficient (Wildman–Crippen LogP) is 4.42. The van der Waals surface area contributed by atoms with Crippen LogP contribution in [0, 0.1) is 17.2 Å². The average Bonchev–Trinajstić information content (AvgIpc) is 3.67. The highest BCUT2D eigenvalue weighted by Gasteiger charge is 2.40. The number of amides is 1. The third kappa shape index (κ3) is 5.66. The SMILES string of the molecule is Cn1ccc([C@H]2CCNCC2C(=O)N(Cc2cc(CCCC#N)cc(Cl)c2Cl)C2CC2)cc1=O. The topological polar surface area (TPSA) is 78.1 Å². The van der Waals surface area contributed by atoms with Crippen LogP contribution in [0.15, 0.2) is 35.3 Å². The van der Waals surface area contributed by atoms with Gasteiger partial charge < -0.3 is 14.8 Å². The number of nitriles is 1. The number of aryl methyl sites for hydroxylation is 2. The second-order valence-electron chi connectivity index (χ2n) is 9.37. The minimum Gasteiger partial charge on any atom is -0.335 e. The molecule has 0 spiro atoms. The van der Waals surface area contributed by atoms with Crippen molar-refractivity contribution in [3.8, 4) is 6.07 Å². The Bertz CT molecular complexity index is 1150. The summed E-state index contributed by atoms with van der Waals surface area (Å²) in [7, 11) is 1.73. The lowest BCUT2D eigenvalue weighted by atomic mass is 9.80. The van der Waals surface area contributed by atoms with Gasteiger partial charge in [0.1, 0.15) is 0 Å². The summed E-state index contributed by atoms with van der Waals surface area (Å²) in [5, 5.41) is 13.2. The third-order valence-electron chi connectivity index (χ3n) is 6.88. The number of carbonyl (C=O) groups excluding carboxylic acids is 1. The molecule has 1 saturated heterocycles. The van der Waals surface area contributed by atoms with Gasteiger partial charge in [-0.15, -0.1) is 0 Å². The van der Waals surface area contributed by atoms with E-state index in [0.717, 1.165) is 55.3 Å². The number of nitrogens with zero attached hydrogens (tertiary/aromatic N) is 3. The van der Waals surface area contributed by atoms with E-state index in [0.29, 0.717) is 29.6 Å². The highest BCUT2D eigenvalue weighted by molar-refractivity contribution is 6.42. The summed E-state index contributed by atoms with van der Waals surface area (Å²) in [6.45, 7) is 1.82. The number of hydrogen-bond donors (Lipinski definition) is 1. The molecule has 1 aromatic heterocycles. The van der Waals surface area contributed by atoms with Crippen LogP contribution in [0.5, 0.6) is 0 Å². The summed E-state index contributed by atoms with van der Waals surface area (Å²) in [5.41, 5.74) is 2.74. The zero-order valence-corrected chi connectivity index (χ0v) is 20.9. The molecule has 1 unspecified atom stereocenters. The molecule has 8 heteroatoms. The number of halogens is 2. The second kappa shape index (κ2) is 10.9. The Hall–Kier alpha value is -2.33. The molecule has 1 N–H and O–H groups in total. The van der Waals surface area contributed by atoms with Gasteiger partial charge in [-0.2, -0.15) is 5.26 Å². The summed E-state index contributed by atoms with van der Waals surface area (Å²) in [5.74, 6) is -0.141. The molecule has 1 saturated carbocycles.